The van der Waals surface area contributed by atoms with Gasteiger partial charge < -0.3 is 16.3 Å². The van der Waals surface area contributed by atoms with Crippen molar-refractivity contribution in [3.05, 3.63) is 29.8 Å². The normalized spacial score (nSPS) is 12.5. The maximum absolute atomic E-state index is 10.2. The smallest absolute Gasteiger partial charge is 0.141 e. The molecule has 11 heavy (non-hydrogen) atoms. The van der Waals surface area contributed by atoms with Gasteiger partial charge in [-0.15, -0.1) is 0 Å². The zero-order valence-corrected chi connectivity index (χ0v) is 6.03. The van der Waals surface area contributed by atoms with Gasteiger partial charge in [-0.05, 0) is 17.7 Å². The fourth-order valence-electron chi connectivity index (χ4n) is 0.797. The van der Waals surface area contributed by atoms with Crippen LogP contribution in [0.4, 0.5) is 5.69 Å². The number of nitrogens with two attached hydrogens (primary N) is 2. The van der Waals surface area contributed by atoms with Crippen LogP contribution in [-0.4, -0.2) is 6.29 Å². The molecule has 0 saturated carbocycles. The second-order valence-electron chi connectivity index (χ2n) is 2.33. The van der Waals surface area contributed by atoms with Gasteiger partial charge in [0.1, 0.15) is 6.29 Å². The number of carbonyl (C=O) groups excluding carboxylic acids is 1. The number of anilines is 1. The number of aldehydes is 1. The highest BCUT2D eigenvalue weighted by molar-refractivity contribution is 5.61. The predicted molar refractivity (Wildman–Crippen MR) is 43.8 cm³/mol. The van der Waals surface area contributed by atoms with E-state index >= 15 is 0 Å². The summed E-state index contributed by atoms with van der Waals surface area (Å²) in [4.78, 5) is 10.2. The summed E-state index contributed by atoms with van der Waals surface area (Å²) in [5.74, 6) is 0. The minimum atomic E-state index is -0.532. The lowest BCUT2D eigenvalue weighted by Crippen LogP contribution is -2.10. The highest BCUT2D eigenvalue weighted by Crippen LogP contribution is 2.10. The van der Waals surface area contributed by atoms with Crippen LogP contribution in [-0.2, 0) is 4.79 Å². The lowest BCUT2D eigenvalue weighted by molar-refractivity contribution is -0.109. The van der Waals surface area contributed by atoms with Gasteiger partial charge in [0.25, 0.3) is 0 Å². The molecule has 0 saturated heterocycles. The van der Waals surface area contributed by atoms with Crippen LogP contribution in [0.5, 0.6) is 0 Å². The molecule has 0 amide bonds. The molecule has 0 radical (unpaired) electrons. The van der Waals surface area contributed by atoms with Crippen LogP contribution in [0.1, 0.15) is 11.6 Å². The van der Waals surface area contributed by atoms with Gasteiger partial charge in [-0.3, -0.25) is 0 Å². The average molecular weight is 150 g/mol. The zero-order chi connectivity index (χ0) is 8.27. The summed E-state index contributed by atoms with van der Waals surface area (Å²) in [6, 6.07) is 6.40. The van der Waals surface area contributed by atoms with E-state index in [9.17, 15) is 4.79 Å². The SMILES string of the molecule is Nc1ccc(C(N)C=O)cc1. The first-order valence-electron chi connectivity index (χ1n) is 3.30. The molecule has 0 heterocycles. The van der Waals surface area contributed by atoms with Crippen molar-refractivity contribution in [1.29, 1.82) is 0 Å². The van der Waals surface area contributed by atoms with Gasteiger partial charge in [-0.1, -0.05) is 12.1 Å². The third kappa shape index (κ3) is 1.78. The largest absolute Gasteiger partial charge is 0.399 e. The molecule has 1 unspecified atom stereocenters. The number of nitrogen functional groups attached to an aromatic ring is 1. The number of hydrogen-bond acceptors (Lipinski definition) is 3. The van der Waals surface area contributed by atoms with Gasteiger partial charge in [0.05, 0.1) is 6.04 Å². The molecule has 0 aliphatic carbocycles. The Morgan fingerprint density at radius 1 is 1.27 bits per heavy atom. The van der Waals surface area contributed by atoms with Gasteiger partial charge in [0.15, 0.2) is 0 Å². The van der Waals surface area contributed by atoms with E-state index in [0.717, 1.165) is 5.56 Å². The third-order valence-corrected chi connectivity index (χ3v) is 1.47. The number of hydrogen-bond donors (Lipinski definition) is 2. The van der Waals surface area contributed by atoms with Crippen molar-refractivity contribution in [3.8, 4) is 0 Å². The van der Waals surface area contributed by atoms with E-state index in [1.54, 1.807) is 24.3 Å². The summed E-state index contributed by atoms with van der Waals surface area (Å²) in [5, 5.41) is 0. The first-order chi connectivity index (χ1) is 5.24. The Hall–Kier alpha value is -1.35. The van der Waals surface area contributed by atoms with Crippen molar-refractivity contribution in [2.75, 3.05) is 5.73 Å². The second kappa shape index (κ2) is 3.16. The molecule has 0 aromatic heterocycles. The minimum absolute atomic E-state index is 0.532. The third-order valence-electron chi connectivity index (χ3n) is 1.47. The highest BCUT2D eigenvalue weighted by atomic mass is 16.1. The molecule has 58 valence electrons. The quantitative estimate of drug-likeness (QED) is 0.475. The van der Waals surface area contributed by atoms with E-state index in [1.165, 1.54) is 0 Å². The molecule has 3 heteroatoms. The summed E-state index contributed by atoms with van der Waals surface area (Å²) in [5.41, 5.74) is 12.3. The lowest BCUT2D eigenvalue weighted by atomic mass is 10.1. The van der Waals surface area contributed by atoms with Crippen molar-refractivity contribution in [1.82, 2.24) is 0 Å². The lowest BCUT2D eigenvalue weighted by Gasteiger charge is -2.02. The van der Waals surface area contributed by atoms with E-state index in [-0.39, 0.29) is 0 Å². The van der Waals surface area contributed by atoms with Gasteiger partial charge >= 0.3 is 0 Å². The van der Waals surface area contributed by atoms with E-state index in [4.69, 9.17) is 11.5 Å². The van der Waals surface area contributed by atoms with Crippen molar-refractivity contribution in [2.24, 2.45) is 5.73 Å². The van der Waals surface area contributed by atoms with Crippen LogP contribution >= 0.6 is 0 Å². The molecule has 1 rings (SSSR count). The van der Waals surface area contributed by atoms with E-state index in [1.807, 2.05) is 0 Å². The first-order valence-corrected chi connectivity index (χ1v) is 3.30. The molecule has 0 spiro atoms. The van der Waals surface area contributed by atoms with Gasteiger partial charge in [-0.25, -0.2) is 0 Å². The monoisotopic (exact) mass is 150 g/mol. The summed E-state index contributed by atoms with van der Waals surface area (Å²) in [7, 11) is 0. The Bertz CT molecular complexity index is 243. The van der Waals surface area contributed by atoms with Crippen molar-refractivity contribution in [2.45, 2.75) is 6.04 Å². The molecular formula is C8H10N2O. The van der Waals surface area contributed by atoms with Crippen LogP contribution in [0.3, 0.4) is 0 Å². The summed E-state index contributed by atoms with van der Waals surface area (Å²) >= 11 is 0. The van der Waals surface area contributed by atoms with Gasteiger partial charge in [-0.2, -0.15) is 0 Å². The molecule has 1 atom stereocenters. The van der Waals surface area contributed by atoms with E-state index < -0.39 is 6.04 Å². The van der Waals surface area contributed by atoms with Crippen molar-refractivity contribution in [3.63, 3.8) is 0 Å². The van der Waals surface area contributed by atoms with Crippen molar-refractivity contribution < 1.29 is 4.79 Å². The summed E-state index contributed by atoms with van der Waals surface area (Å²) < 4.78 is 0. The topological polar surface area (TPSA) is 69.1 Å². The number of rotatable bonds is 2. The zero-order valence-electron chi connectivity index (χ0n) is 6.03. The molecule has 1 aromatic rings. The van der Waals surface area contributed by atoms with Crippen molar-refractivity contribution >= 4 is 12.0 Å². The molecule has 0 fully saturated rings. The Morgan fingerprint density at radius 2 is 1.82 bits per heavy atom. The molecule has 3 nitrogen and oxygen atoms in total. The maximum Gasteiger partial charge on any atom is 0.141 e. The fourth-order valence-corrected chi connectivity index (χ4v) is 0.797. The van der Waals surface area contributed by atoms with Crippen LogP contribution in [0.25, 0.3) is 0 Å². The molecular weight excluding hydrogens is 140 g/mol. The number of carbonyl (C=O) groups is 1. The Morgan fingerprint density at radius 3 is 2.27 bits per heavy atom. The predicted octanol–water partition coefficient (Wildman–Crippen LogP) is 0.467. The van der Waals surface area contributed by atoms with Gasteiger partial charge in [0.2, 0.25) is 0 Å². The van der Waals surface area contributed by atoms with Crippen LogP contribution in [0.2, 0.25) is 0 Å². The highest BCUT2D eigenvalue weighted by Gasteiger charge is 2.01. The summed E-state index contributed by atoms with van der Waals surface area (Å²) in [6.07, 6.45) is 0.700. The first kappa shape index (κ1) is 7.75. The average Bonchev–Trinajstić information content (AvgIpc) is 2.05. The van der Waals surface area contributed by atoms with Gasteiger partial charge in [0, 0.05) is 5.69 Å². The maximum atomic E-state index is 10.2. The number of benzene rings is 1. The van der Waals surface area contributed by atoms with Crippen LogP contribution in [0, 0.1) is 0 Å². The molecule has 0 bridgehead atoms. The van der Waals surface area contributed by atoms with Crippen LogP contribution < -0.4 is 11.5 Å². The van der Waals surface area contributed by atoms with Crippen LogP contribution in [0.15, 0.2) is 24.3 Å². The molecule has 0 aliphatic rings. The van der Waals surface area contributed by atoms with E-state index in [2.05, 4.69) is 0 Å². The Kier molecular flexibility index (Phi) is 2.23. The molecule has 1 aromatic carbocycles. The van der Waals surface area contributed by atoms with E-state index in [0.29, 0.717) is 12.0 Å². The standard InChI is InChI=1S/C8H10N2O/c9-7-3-1-6(2-4-7)8(10)5-11/h1-5,8H,9-10H2. The Labute approximate surface area is 65.0 Å². The molecule has 4 N–H and O–H groups in total. The summed E-state index contributed by atoms with van der Waals surface area (Å²) in [6.45, 7) is 0. The minimum Gasteiger partial charge on any atom is -0.399 e. The fraction of sp³-hybridized carbons (Fsp3) is 0.125. The molecule has 0 aliphatic heterocycles. The Balaban J connectivity index is 2.89. The second-order valence-corrected chi connectivity index (χ2v) is 2.33.